The number of amides is 1. The summed E-state index contributed by atoms with van der Waals surface area (Å²) >= 11 is 4.81. The molecule has 1 aliphatic rings. The van der Waals surface area contributed by atoms with Crippen LogP contribution in [-0.4, -0.2) is 27.4 Å². The van der Waals surface area contributed by atoms with Gasteiger partial charge in [0.15, 0.2) is 5.17 Å². The highest BCUT2D eigenvalue weighted by Gasteiger charge is 2.36. The lowest BCUT2D eigenvalue weighted by Crippen LogP contribution is -2.31. The van der Waals surface area contributed by atoms with Crippen molar-refractivity contribution in [3.63, 3.8) is 0 Å². The van der Waals surface area contributed by atoms with Gasteiger partial charge < -0.3 is 0 Å². The molecule has 3 rings (SSSR count). The fourth-order valence-corrected chi connectivity index (χ4v) is 3.75. The number of nitrogens with zero attached hydrogens (tertiary/aromatic N) is 3. The topological polar surface area (TPSA) is 45.0 Å². The van der Waals surface area contributed by atoms with E-state index in [-0.39, 0.29) is 17.0 Å². The number of hydrogen-bond acceptors (Lipinski definition) is 4. The average Bonchev–Trinajstić information content (AvgIpc) is 2.94. The largest absolute Gasteiger partial charge is 0.284 e. The van der Waals surface area contributed by atoms with Gasteiger partial charge in [0.2, 0.25) is 5.91 Å². The van der Waals surface area contributed by atoms with Crippen molar-refractivity contribution in [1.82, 2.24) is 4.90 Å². The van der Waals surface area contributed by atoms with Crippen LogP contribution < -0.4 is 0 Å². The van der Waals surface area contributed by atoms with E-state index in [2.05, 4.69) is 26.1 Å². The number of carbonyl (C=O) groups excluding carboxylic acids is 1. The molecule has 1 amide bonds. The molecule has 1 aliphatic heterocycles. The van der Waals surface area contributed by atoms with Crippen molar-refractivity contribution in [2.24, 2.45) is 10.2 Å². The predicted molar refractivity (Wildman–Crippen MR) is 108 cm³/mol. The van der Waals surface area contributed by atoms with Gasteiger partial charge in [-0.2, -0.15) is 5.10 Å². The fraction of sp³-hybridized carbons (Fsp3) is 0.211. The first-order valence-electron chi connectivity index (χ1n) is 8.16. The zero-order valence-electron chi connectivity index (χ0n) is 14.1. The molecule has 4 nitrogen and oxygen atoms in total. The van der Waals surface area contributed by atoms with E-state index >= 15 is 0 Å². The molecule has 26 heavy (non-hydrogen) atoms. The van der Waals surface area contributed by atoms with Gasteiger partial charge in [-0.15, -0.1) is 5.10 Å². The lowest BCUT2D eigenvalue weighted by Gasteiger charge is -2.15. The molecule has 1 atom stereocenters. The Morgan fingerprint density at radius 2 is 1.88 bits per heavy atom. The first-order valence-corrected chi connectivity index (χ1v) is 9.83. The Hall–Kier alpha value is -1.99. The minimum atomic E-state index is -0.296. The van der Waals surface area contributed by atoms with E-state index < -0.39 is 0 Å². The summed E-state index contributed by atoms with van der Waals surface area (Å²) in [6, 6.07) is 13.8. The monoisotopic (exact) mass is 433 g/mol. The van der Waals surface area contributed by atoms with E-state index in [1.54, 1.807) is 23.2 Å². The Morgan fingerprint density at radius 3 is 2.54 bits per heavy atom. The molecule has 0 aromatic heterocycles. The zero-order chi connectivity index (χ0) is 18.5. The van der Waals surface area contributed by atoms with Gasteiger partial charge in [-0.25, -0.2) is 4.39 Å². The maximum atomic E-state index is 13.1. The van der Waals surface area contributed by atoms with Crippen molar-refractivity contribution in [3.8, 4) is 0 Å². The zero-order valence-corrected chi connectivity index (χ0v) is 16.5. The standard InChI is InChI=1S/C19H17BrFN3OS/c1-2-17-18(25)24(12-14-5-9-16(21)10-6-14)19(26-17)23-22-11-13-3-7-15(20)8-4-13/h3-11,17H,2,12H2,1H3/b22-11+,23-19-. The van der Waals surface area contributed by atoms with Gasteiger partial charge in [0.1, 0.15) is 5.82 Å². The highest BCUT2D eigenvalue weighted by atomic mass is 79.9. The lowest BCUT2D eigenvalue weighted by atomic mass is 10.2. The van der Waals surface area contributed by atoms with Gasteiger partial charge >= 0.3 is 0 Å². The summed E-state index contributed by atoms with van der Waals surface area (Å²) < 4.78 is 14.1. The summed E-state index contributed by atoms with van der Waals surface area (Å²) in [7, 11) is 0. The third-order valence-corrected chi connectivity index (χ3v) is 5.73. The molecule has 1 fully saturated rings. The molecule has 2 aromatic rings. The van der Waals surface area contributed by atoms with Gasteiger partial charge in [-0.1, -0.05) is 58.9 Å². The molecule has 7 heteroatoms. The first kappa shape index (κ1) is 18.8. The maximum Gasteiger partial charge on any atom is 0.242 e. The second-order valence-corrected chi connectivity index (χ2v) is 7.83. The van der Waals surface area contributed by atoms with Crippen LogP contribution in [0.25, 0.3) is 0 Å². The number of rotatable bonds is 5. The van der Waals surface area contributed by atoms with Crippen molar-refractivity contribution >= 4 is 45.0 Å². The predicted octanol–water partition coefficient (Wildman–Crippen LogP) is 4.83. The van der Waals surface area contributed by atoms with E-state index in [0.29, 0.717) is 11.7 Å². The lowest BCUT2D eigenvalue weighted by molar-refractivity contribution is -0.126. The number of carbonyl (C=O) groups is 1. The van der Waals surface area contributed by atoms with Crippen LogP contribution in [0.15, 0.2) is 63.2 Å². The highest BCUT2D eigenvalue weighted by molar-refractivity contribution is 9.10. The second-order valence-electron chi connectivity index (χ2n) is 5.74. The summed E-state index contributed by atoms with van der Waals surface area (Å²) in [6.07, 6.45) is 2.37. The van der Waals surface area contributed by atoms with E-state index in [4.69, 9.17) is 0 Å². The Morgan fingerprint density at radius 1 is 1.19 bits per heavy atom. The average molecular weight is 434 g/mol. The maximum absolute atomic E-state index is 13.1. The molecule has 1 saturated heterocycles. The van der Waals surface area contributed by atoms with Gasteiger partial charge in [-0.3, -0.25) is 9.69 Å². The Balaban J connectivity index is 1.78. The third-order valence-electron chi connectivity index (χ3n) is 3.86. The van der Waals surface area contributed by atoms with Crippen LogP contribution in [-0.2, 0) is 11.3 Å². The summed E-state index contributed by atoms with van der Waals surface area (Å²) in [4.78, 5) is 14.2. The van der Waals surface area contributed by atoms with Crippen LogP contribution in [0.4, 0.5) is 4.39 Å². The molecule has 2 aromatic carbocycles. The molecule has 0 N–H and O–H groups in total. The van der Waals surface area contributed by atoms with E-state index in [0.717, 1.165) is 22.0 Å². The summed E-state index contributed by atoms with van der Waals surface area (Å²) in [6.45, 7) is 2.33. The number of thioether (sulfide) groups is 1. The van der Waals surface area contributed by atoms with Crippen LogP contribution in [0.2, 0.25) is 0 Å². The summed E-state index contributed by atoms with van der Waals surface area (Å²) in [5.41, 5.74) is 1.77. The number of hydrogen-bond donors (Lipinski definition) is 0. The normalized spacial score (nSPS) is 19.0. The molecular formula is C19H17BrFN3OS. The molecular weight excluding hydrogens is 417 g/mol. The Labute approximate surface area is 164 Å². The minimum absolute atomic E-state index is 0.0133. The molecule has 1 unspecified atom stereocenters. The highest BCUT2D eigenvalue weighted by Crippen LogP contribution is 2.30. The Kier molecular flexibility index (Phi) is 6.21. The summed E-state index contributed by atoms with van der Waals surface area (Å²) in [5.74, 6) is -0.283. The smallest absolute Gasteiger partial charge is 0.242 e. The van der Waals surface area contributed by atoms with Crippen LogP contribution >= 0.6 is 27.7 Å². The second kappa shape index (κ2) is 8.60. The van der Waals surface area contributed by atoms with Crippen molar-refractivity contribution in [1.29, 1.82) is 0 Å². The van der Waals surface area contributed by atoms with Crippen LogP contribution in [0.3, 0.4) is 0 Å². The molecule has 0 saturated carbocycles. The van der Waals surface area contributed by atoms with Crippen molar-refractivity contribution < 1.29 is 9.18 Å². The van der Waals surface area contributed by atoms with Crippen molar-refractivity contribution in [3.05, 3.63) is 69.9 Å². The first-order chi connectivity index (χ1) is 12.6. The van der Waals surface area contributed by atoms with Crippen LogP contribution in [0, 0.1) is 5.82 Å². The molecule has 0 radical (unpaired) electrons. The number of halogens is 2. The molecule has 0 spiro atoms. The van der Waals surface area contributed by atoms with Gasteiger partial charge in [-0.05, 0) is 41.8 Å². The number of amidine groups is 1. The number of benzene rings is 2. The van der Waals surface area contributed by atoms with E-state index in [1.165, 1.54) is 23.9 Å². The molecule has 134 valence electrons. The quantitative estimate of drug-likeness (QED) is 0.500. The molecule has 0 aliphatic carbocycles. The van der Waals surface area contributed by atoms with Gasteiger partial charge in [0.25, 0.3) is 0 Å². The van der Waals surface area contributed by atoms with E-state index in [1.807, 2.05) is 31.2 Å². The van der Waals surface area contributed by atoms with Gasteiger partial charge in [0.05, 0.1) is 18.0 Å². The van der Waals surface area contributed by atoms with Crippen molar-refractivity contribution in [2.75, 3.05) is 0 Å². The van der Waals surface area contributed by atoms with Crippen molar-refractivity contribution in [2.45, 2.75) is 25.1 Å². The third kappa shape index (κ3) is 4.59. The van der Waals surface area contributed by atoms with Crippen LogP contribution in [0.5, 0.6) is 0 Å². The van der Waals surface area contributed by atoms with Crippen LogP contribution in [0.1, 0.15) is 24.5 Å². The molecule has 0 bridgehead atoms. The molecule has 1 heterocycles. The van der Waals surface area contributed by atoms with Gasteiger partial charge in [0, 0.05) is 4.47 Å². The Bertz CT molecular complexity index is 837. The summed E-state index contributed by atoms with van der Waals surface area (Å²) in [5, 5.41) is 8.80. The minimum Gasteiger partial charge on any atom is -0.284 e. The fourth-order valence-electron chi connectivity index (χ4n) is 2.46. The van der Waals surface area contributed by atoms with E-state index in [9.17, 15) is 9.18 Å². The SMILES string of the molecule is CCC1S/C(=N\N=C\c2ccc(Br)cc2)N(Cc2ccc(F)cc2)C1=O.